The van der Waals surface area contributed by atoms with E-state index in [9.17, 15) is 13.2 Å². The fraction of sp³-hybridized carbons (Fsp3) is 0.412. The molecule has 9 heteroatoms. The van der Waals surface area contributed by atoms with Crippen LogP contribution < -0.4 is 9.47 Å². The fourth-order valence-electron chi connectivity index (χ4n) is 3.04. The van der Waals surface area contributed by atoms with E-state index in [0.717, 1.165) is 4.68 Å². The van der Waals surface area contributed by atoms with E-state index in [1.165, 1.54) is 4.31 Å². The minimum Gasteiger partial charge on any atom is -0.454 e. The lowest BCUT2D eigenvalue weighted by molar-refractivity contribution is 0.0941. The lowest BCUT2D eigenvalue weighted by Gasteiger charge is -2.18. The van der Waals surface area contributed by atoms with E-state index < -0.39 is 15.9 Å². The lowest BCUT2D eigenvalue weighted by Crippen LogP contribution is -2.31. The third-order valence-electron chi connectivity index (χ3n) is 4.34. The van der Waals surface area contributed by atoms with Crippen LogP contribution in [0.1, 0.15) is 35.6 Å². The summed E-state index contributed by atoms with van der Waals surface area (Å²) < 4.78 is 38.8. The molecule has 8 nitrogen and oxygen atoms in total. The van der Waals surface area contributed by atoms with Gasteiger partial charge in [0.25, 0.3) is 5.91 Å². The molecule has 0 spiro atoms. The Balaban J connectivity index is 2.04. The Bertz CT molecular complexity index is 961. The Hall–Kier alpha value is -2.39. The van der Waals surface area contributed by atoms with Crippen molar-refractivity contribution in [1.29, 1.82) is 0 Å². The first kappa shape index (κ1) is 18.4. The number of aromatic nitrogens is 2. The molecule has 140 valence electrons. The zero-order valence-electron chi connectivity index (χ0n) is 15.1. The number of nitrogens with zero attached hydrogens (tertiary/aromatic N) is 3. The van der Waals surface area contributed by atoms with Crippen LogP contribution in [0.15, 0.2) is 23.1 Å². The molecule has 0 N–H and O–H groups in total. The molecular formula is C17H21N3O5S. The average Bonchev–Trinajstić information content (AvgIpc) is 3.18. The largest absolute Gasteiger partial charge is 0.454 e. The number of sulfonamides is 1. The van der Waals surface area contributed by atoms with Crippen LogP contribution in [0, 0.1) is 13.8 Å². The summed E-state index contributed by atoms with van der Waals surface area (Å²) >= 11 is 0. The van der Waals surface area contributed by atoms with Gasteiger partial charge in [-0.2, -0.15) is 14.1 Å². The summed E-state index contributed by atoms with van der Waals surface area (Å²) in [6.45, 7) is 7.52. The Morgan fingerprint density at radius 3 is 2.50 bits per heavy atom. The van der Waals surface area contributed by atoms with Crippen molar-refractivity contribution < 1.29 is 22.7 Å². The molecule has 2 aromatic rings. The van der Waals surface area contributed by atoms with Crippen LogP contribution in [-0.2, 0) is 10.0 Å². The zero-order valence-corrected chi connectivity index (χ0v) is 16.0. The molecular weight excluding hydrogens is 358 g/mol. The highest BCUT2D eigenvalue weighted by Crippen LogP contribution is 2.33. The number of carbonyl (C=O) groups excluding carboxylic acids is 1. The smallest absolute Gasteiger partial charge is 0.278 e. The highest BCUT2D eigenvalue weighted by molar-refractivity contribution is 7.89. The minimum absolute atomic E-state index is 0.0790. The van der Waals surface area contributed by atoms with Gasteiger partial charge in [0.15, 0.2) is 11.5 Å². The van der Waals surface area contributed by atoms with E-state index in [1.807, 2.05) is 0 Å². The molecule has 0 saturated carbocycles. The number of benzene rings is 1. The van der Waals surface area contributed by atoms with Crippen LogP contribution in [0.25, 0.3) is 0 Å². The number of fused-ring (bicyclic) bond motifs is 1. The molecule has 1 aromatic heterocycles. The molecule has 0 amide bonds. The first-order chi connectivity index (χ1) is 12.3. The molecule has 0 aliphatic carbocycles. The van der Waals surface area contributed by atoms with Crippen molar-refractivity contribution in [3.8, 4) is 11.5 Å². The van der Waals surface area contributed by atoms with Gasteiger partial charge in [-0.25, -0.2) is 8.42 Å². The van der Waals surface area contributed by atoms with Gasteiger partial charge in [0.2, 0.25) is 16.8 Å². The second-order valence-corrected chi connectivity index (χ2v) is 7.75. The summed E-state index contributed by atoms with van der Waals surface area (Å²) in [6.07, 6.45) is 0. The number of hydrogen-bond acceptors (Lipinski definition) is 6. The van der Waals surface area contributed by atoms with Gasteiger partial charge in [-0.15, -0.1) is 0 Å². The van der Waals surface area contributed by atoms with Crippen LogP contribution in [0.2, 0.25) is 0 Å². The Kier molecular flexibility index (Phi) is 4.76. The van der Waals surface area contributed by atoms with Crippen LogP contribution in [0.4, 0.5) is 0 Å². The number of rotatable bonds is 5. The van der Waals surface area contributed by atoms with Crippen molar-refractivity contribution >= 4 is 15.9 Å². The first-order valence-corrected chi connectivity index (χ1v) is 9.76. The van der Waals surface area contributed by atoms with Gasteiger partial charge in [0.1, 0.15) is 4.90 Å². The van der Waals surface area contributed by atoms with Gasteiger partial charge in [0.05, 0.1) is 11.4 Å². The van der Waals surface area contributed by atoms with Gasteiger partial charge in [0, 0.05) is 18.7 Å². The maximum atomic E-state index is 12.9. The second kappa shape index (κ2) is 6.73. The van der Waals surface area contributed by atoms with Gasteiger partial charge < -0.3 is 9.47 Å². The summed E-state index contributed by atoms with van der Waals surface area (Å²) in [6, 6.07) is 4.82. The van der Waals surface area contributed by atoms with Crippen LogP contribution in [-0.4, -0.2) is 48.3 Å². The molecule has 0 fully saturated rings. The number of carbonyl (C=O) groups is 1. The number of ether oxygens (including phenoxy) is 2. The Morgan fingerprint density at radius 1 is 1.19 bits per heavy atom. The van der Waals surface area contributed by atoms with Crippen molar-refractivity contribution in [3.63, 3.8) is 0 Å². The number of aryl methyl sites for hydroxylation is 1. The van der Waals surface area contributed by atoms with Gasteiger partial charge in [-0.3, -0.25) is 4.79 Å². The molecule has 0 bridgehead atoms. The van der Waals surface area contributed by atoms with E-state index in [4.69, 9.17) is 9.47 Å². The van der Waals surface area contributed by atoms with Crippen molar-refractivity contribution in [2.75, 3.05) is 19.9 Å². The van der Waals surface area contributed by atoms with E-state index >= 15 is 0 Å². The SMILES string of the molecule is CCN(CC)S(=O)(=O)c1c(C)nn(C(=O)c2ccc3c(c2)OCO3)c1C. The molecule has 26 heavy (non-hydrogen) atoms. The average molecular weight is 379 g/mol. The van der Waals surface area contributed by atoms with Gasteiger partial charge in [-0.1, -0.05) is 13.8 Å². The summed E-state index contributed by atoms with van der Waals surface area (Å²) in [4.78, 5) is 12.9. The van der Waals surface area contributed by atoms with Crippen molar-refractivity contribution in [1.82, 2.24) is 14.1 Å². The third-order valence-corrected chi connectivity index (χ3v) is 6.64. The topological polar surface area (TPSA) is 90.7 Å². The van der Waals surface area contributed by atoms with Crippen molar-refractivity contribution in [2.24, 2.45) is 0 Å². The molecule has 3 rings (SSSR count). The molecule has 0 radical (unpaired) electrons. The first-order valence-electron chi connectivity index (χ1n) is 8.32. The number of hydrogen-bond donors (Lipinski definition) is 0. The minimum atomic E-state index is -3.71. The second-order valence-electron chi connectivity index (χ2n) is 5.87. The molecule has 0 saturated heterocycles. The highest BCUT2D eigenvalue weighted by Gasteiger charge is 2.31. The van der Waals surface area contributed by atoms with E-state index in [1.54, 1.807) is 45.9 Å². The summed E-state index contributed by atoms with van der Waals surface area (Å²) in [5.74, 6) is 0.623. The van der Waals surface area contributed by atoms with Crippen LogP contribution >= 0.6 is 0 Å². The van der Waals surface area contributed by atoms with Gasteiger partial charge in [-0.05, 0) is 32.0 Å². The molecule has 0 atom stereocenters. The normalized spacial score (nSPS) is 13.4. The van der Waals surface area contributed by atoms with E-state index in [2.05, 4.69) is 5.10 Å². The van der Waals surface area contributed by atoms with Gasteiger partial charge >= 0.3 is 0 Å². The Morgan fingerprint density at radius 2 is 1.85 bits per heavy atom. The van der Waals surface area contributed by atoms with E-state index in [-0.39, 0.29) is 17.4 Å². The predicted molar refractivity (Wildman–Crippen MR) is 94.1 cm³/mol. The third kappa shape index (κ3) is 2.86. The molecule has 1 aliphatic rings. The summed E-state index contributed by atoms with van der Waals surface area (Å²) in [5.41, 5.74) is 0.923. The van der Waals surface area contributed by atoms with Crippen molar-refractivity contribution in [2.45, 2.75) is 32.6 Å². The highest BCUT2D eigenvalue weighted by atomic mass is 32.2. The van der Waals surface area contributed by atoms with Crippen LogP contribution in [0.5, 0.6) is 11.5 Å². The maximum absolute atomic E-state index is 12.9. The van der Waals surface area contributed by atoms with E-state index in [0.29, 0.717) is 35.8 Å². The zero-order chi connectivity index (χ0) is 19.1. The molecule has 2 heterocycles. The summed E-state index contributed by atoms with van der Waals surface area (Å²) in [7, 11) is -3.71. The molecule has 1 aromatic carbocycles. The predicted octanol–water partition coefficient (Wildman–Crippen LogP) is 1.95. The molecule has 1 aliphatic heterocycles. The monoisotopic (exact) mass is 379 g/mol. The molecule has 0 unspecified atom stereocenters. The standard InChI is InChI=1S/C17H21N3O5S/c1-5-19(6-2)26(22,23)16-11(3)18-20(12(16)4)17(21)13-7-8-14-15(9-13)25-10-24-14/h7-9H,5-6,10H2,1-4H3. The lowest BCUT2D eigenvalue weighted by atomic mass is 10.2. The maximum Gasteiger partial charge on any atom is 0.278 e. The fourth-order valence-corrected chi connectivity index (χ4v) is 4.86. The Labute approximate surface area is 152 Å². The summed E-state index contributed by atoms with van der Waals surface area (Å²) in [5, 5.41) is 4.19. The van der Waals surface area contributed by atoms with Crippen LogP contribution in [0.3, 0.4) is 0 Å². The quantitative estimate of drug-likeness (QED) is 0.789. The van der Waals surface area contributed by atoms with Crippen molar-refractivity contribution in [3.05, 3.63) is 35.2 Å².